The monoisotopic (exact) mass is 281 g/mol. The second-order valence-corrected chi connectivity index (χ2v) is 5.17. The molecule has 21 heavy (non-hydrogen) atoms. The van der Waals surface area contributed by atoms with E-state index >= 15 is 0 Å². The highest BCUT2D eigenvalue weighted by Gasteiger charge is 2.09. The Morgan fingerprint density at radius 2 is 2.00 bits per heavy atom. The summed E-state index contributed by atoms with van der Waals surface area (Å²) >= 11 is 0. The molecular formula is C17H19N3O. The molecule has 0 saturated carbocycles. The average Bonchev–Trinajstić information content (AvgIpc) is 2.83. The molecule has 3 aromatic rings. The van der Waals surface area contributed by atoms with E-state index in [0.29, 0.717) is 5.95 Å². The van der Waals surface area contributed by atoms with Crippen molar-refractivity contribution in [2.75, 3.05) is 12.8 Å². The van der Waals surface area contributed by atoms with E-state index in [9.17, 15) is 0 Å². The van der Waals surface area contributed by atoms with Gasteiger partial charge in [-0.25, -0.2) is 4.98 Å². The third-order valence-electron chi connectivity index (χ3n) is 3.77. The van der Waals surface area contributed by atoms with E-state index < -0.39 is 0 Å². The number of imidazole rings is 1. The number of methoxy groups -OCH3 is 1. The zero-order chi connectivity index (χ0) is 14.8. The van der Waals surface area contributed by atoms with Gasteiger partial charge in [0.05, 0.1) is 18.1 Å². The normalized spacial score (nSPS) is 11.0. The number of para-hydroxylation sites is 1. The van der Waals surface area contributed by atoms with Gasteiger partial charge in [0, 0.05) is 6.54 Å². The summed E-state index contributed by atoms with van der Waals surface area (Å²) in [6.07, 6.45) is 0.890. The molecule has 0 aliphatic carbocycles. The Hall–Kier alpha value is -2.49. The molecule has 0 bridgehead atoms. The van der Waals surface area contributed by atoms with Crippen LogP contribution in [0.5, 0.6) is 5.75 Å². The molecule has 0 fully saturated rings. The van der Waals surface area contributed by atoms with Crippen molar-refractivity contribution in [1.82, 2.24) is 9.55 Å². The Morgan fingerprint density at radius 1 is 1.19 bits per heavy atom. The first-order valence-corrected chi connectivity index (χ1v) is 7.03. The molecule has 0 amide bonds. The average molecular weight is 281 g/mol. The second-order valence-electron chi connectivity index (χ2n) is 5.17. The summed E-state index contributed by atoms with van der Waals surface area (Å²) in [7, 11) is 1.68. The summed E-state index contributed by atoms with van der Waals surface area (Å²) < 4.78 is 7.33. The molecule has 0 atom stereocenters. The van der Waals surface area contributed by atoms with Crippen molar-refractivity contribution in [2.24, 2.45) is 0 Å². The molecule has 4 heteroatoms. The van der Waals surface area contributed by atoms with Crippen LogP contribution in [0.2, 0.25) is 0 Å². The SMILES string of the molecule is COc1cccc(CCn2c(N)nc3c(C)cccc32)c1. The summed E-state index contributed by atoms with van der Waals surface area (Å²) in [6.45, 7) is 2.86. The Labute approximate surface area is 124 Å². The predicted molar refractivity (Wildman–Crippen MR) is 85.6 cm³/mol. The molecular weight excluding hydrogens is 262 g/mol. The lowest BCUT2D eigenvalue weighted by Crippen LogP contribution is -2.05. The van der Waals surface area contributed by atoms with Crippen molar-refractivity contribution in [1.29, 1.82) is 0 Å². The van der Waals surface area contributed by atoms with E-state index in [2.05, 4.69) is 40.7 Å². The molecule has 0 aliphatic rings. The third kappa shape index (κ3) is 2.57. The lowest BCUT2D eigenvalue weighted by molar-refractivity contribution is 0.414. The van der Waals surface area contributed by atoms with Gasteiger partial charge in [0.15, 0.2) is 0 Å². The van der Waals surface area contributed by atoms with Crippen molar-refractivity contribution in [3.8, 4) is 5.75 Å². The van der Waals surface area contributed by atoms with Gasteiger partial charge in [0.1, 0.15) is 5.75 Å². The van der Waals surface area contributed by atoms with E-state index in [0.717, 1.165) is 35.3 Å². The van der Waals surface area contributed by atoms with Crippen LogP contribution in [0.15, 0.2) is 42.5 Å². The number of nitrogens with zero attached hydrogens (tertiary/aromatic N) is 2. The molecule has 0 unspecified atom stereocenters. The largest absolute Gasteiger partial charge is 0.497 e. The molecule has 108 valence electrons. The number of nitrogens with two attached hydrogens (primary N) is 1. The van der Waals surface area contributed by atoms with Crippen LogP contribution >= 0.6 is 0 Å². The van der Waals surface area contributed by atoms with Crippen molar-refractivity contribution in [3.05, 3.63) is 53.6 Å². The molecule has 2 aromatic carbocycles. The fourth-order valence-corrected chi connectivity index (χ4v) is 2.61. The van der Waals surface area contributed by atoms with E-state index in [4.69, 9.17) is 10.5 Å². The standard InChI is InChI=1S/C17H19N3O/c1-12-5-3-8-15-16(12)19-17(18)20(15)10-9-13-6-4-7-14(11-13)21-2/h3-8,11H,9-10H2,1-2H3,(H2,18,19). The number of nitrogen functional groups attached to an aromatic ring is 1. The summed E-state index contributed by atoms with van der Waals surface area (Å²) in [4.78, 5) is 4.47. The number of ether oxygens (including phenoxy) is 1. The molecule has 1 heterocycles. The maximum atomic E-state index is 6.07. The highest BCUT2D eigenvalue weighted by molar-refractivity contribution is 5.81. The van der Waals surface area contributed by atoms with Gasteiger partial charge in [0.25, 0.3) is 0 Å². The summed E-state index contributed by atoms with van der Waals surface area (Å²) in [5.41, 5.74) is 10.5. The van der Waals surface area contributed by atoms with Gasteiger partial charge >= 0.3 is 0 Å². The number of hydrogen-bond acceptors (Lipinski definition) is 3. The van der Waals surface area contributed by atoms with Gasteiger partial charge in [-0.3, -0.25) is 0 Å². The van der Waals surface area contributed by atoms with Gasteiger partial charge in [0.2, 0.25) is 5.95 Å². The molecule has 0 aliphatic heterocycles. The topological polar surface area (TPSA) is 53.1 Å². The minimum Gasteiger partial charge on any atom is -0.497 e. The molecule has 3 rings (SSSR count). The van der Waals surface area contributed by atoms with Gasteiger partial charge in [-0.05, 0) is 42.7 Å². The Balaban J connectivity index is 1.88. The lowest BCUT2D eigenvalue weighted by atomic mass is 10.1. The quantitative estimate of drug-likeness (QED) is 0.799. The van der Waals surface area contributed by atoms with E-state index in [1.165, 1.54) is 5.56 Å². The second kappa shape index (κ2) is 5.48. The van der Waals surface area contributed by atoms with Crippen LogP contribution in [-0.2, 0) is 13.0 Å². The fraction of sp³-hybridized carbons (Fsp3) is 0.235. The maximum Gasteiger partial charge on any atom is 0.201 e. The lowest BCUT2D eigenvalue weighted by Gasteiger charge is -2.08. The van der Waals surface area contributed by atoms with Crippen LogP contribution in [0.4, 0.5) is 5.95 Å². The van der Waals surface area contributed by atoms with E-state index in [1.54, 1.807) is 7.11 Å². The van der Waals surface area contributed by atoms with Gasteiger partial charge in [-0.2, -0.15) is 0 Å². The summed E-state index contributed by atoms with van der Waals surface area (Å²) in [5.74, 6) is 1.45. The van der Waals surface area contributed by atoms with Crippen LogP contribution in [0.25, 0.3) is 11.0 Å². The molecule has 2 N–H and O–H groups in total. The zero-order valence-corrected chi connectivity index (χ0v) is 12.3. The smallest absolute Gasteiger partial charge is 0.201 e. The number of rotatable bonds is 4. The number of benzene rings is 2. The maximum absolute atomic E-state index is 6.07. The third-order valence-corrected chi connectivity index (χ3v) is 3.77. The van der Waals surface area contributed by atoms with Crippen LogP contribution < -0.4 is 10.5 Å². The summed E-state index contributed by atoms with van der Waals surface area (Å²) in [6, 6.07) is 14.3. The van der Waals surface area contributed by atoms with Crippen LogP contribution in [-0.4, -0.2) is 16.7 Å². The molecule has 4 nitrogen and oxygen atoms in total. The number of hydrogen-bond donors (Lipinski definition) is 1. The minimum atomic E-state index is 0.571. The van der Waals surface area contributed by atoms with Crippen molar-refractivity contribution in [3.63, 3.8) is 0 Å². The minimum absolute atomic E-state index is 0.571. The van der Waals surface area contributed by atoms with Crippen molar-refractivity contribution < 1.29 is 4.74 Å². The highest BCUT2D eigenvalue weighted by Crippen LogP contribution is 2.22. The first-order valence-electron chi connectivity index (χ1n) is 7.03. The molecule has 0 saturated heterocycles. The van der Waals surface area contributed by atoms with Gasteiger partial charge in [-0.15, -0.1) is 0 Å². The molecule has 1 aromatic heterocycles. The van der Waals surface area contributed by atoms with Crippen LogP contribution in [0, 0.1) is 6.92 Å². The predicted octanol–water partition coefficient (Wildman–Crippen LogP) is 3.18. The van der Waals surface area contributed by atoms with Crippen LogP contribution in [0.1, 0.15) is 11.1 Å². The first-order chi connectivity index (χ1) is 10.2. The Morgan fingerprint density at radius 3 is 2.81 bits per heavy atom. The molecule has 0 radical (unpaired) electrons. The van der Waals surface area contributed by atoms with Gasteiger partial charge in [-0.1, -0.05) is 24.3 Å². The first kappa shape index (κ1) is 13.5. The van der Waals surface area contributed by atoms with Crippen molar-refractivity contribution >= 4 is 17.0 Å². The highest BCUT2D eigenvalue weighted by atomic mass is 16.5. The number of anilines is 1. The number of aromatic nitrogens is 2. The number of aryl methyl sites for hydroxylation is 3. The number of fused-ring (bicyclic) bond motifs is 1. The van der Waals surface area contributed by atoms with E-state index in [1.807, 2.05) is 18.2 Å². The fourth-order valence-electron chi connectivity index (χ4n) is 2.61. The Kier molecular flexibility index (Phi) is 3.52. The van der Waals surface area contributed by atoms with E-state index in [-0.39, 0.29) is 0 Å². The van der Waals surface area contributed by atoms with Crippen molar-refractivity contribution in [2.45, 2.75) is 19.9 Å². The Bertz CT molecular complexity index is 777. The summed E-state index contributed by atoms with van der Waals surface area (Å²) in [5, 5.41) is 0. The zero-order valence-electron chi connectivity index (χ0n) is 12.3. The van der Waals surface area contributed by atoms with Crippen LogP contribution in [0.3, 0.4) is 0 Å². The molecule has 0 spiro atoms. The van der Waals surface area contributed by atoms with Gasteiger partial charge < -0.3 is 15.0 Å².